The highest BCUT2D eigenvalue weighted by molar-refractivity contribution is 5.99. The third-order valence-electron chi connectivity index (χ3n) is 6.03. The second-order valence-corrected chi connectivity index (χ2v) is 8.19. The molecule has 0 spiro atoms. The van der Waals surface area contributed by atoms with Gasteiger partial charge in [0, 0.05) is 0 Å². The lowest BCUT2D eigenvalue weighted by Gasteiger charge is -2.26. The summed E-state index contributed by atoms with van der Waals surface area (Å²) in [6.45, 7) is 16.7. The van der Waals surface area contributed by atoms with E-state index in [1.165, 1.54) is 50.1 Å². The van der Waals surface area contributed by atoms with E-state index in [-0.39, 0.29) is 0 Å². The zero-order chi connectivity index (χ0) is 24.5. The van der Waals surface area contributed by atoms with E-state index in [0.717, 1.165) is 5.57 Å². The van der Waals surface area contributed by atoms with Gasteiger partial charge in [0.2, 0.25) is 0 Å². The number of hydrogen-bond acceptors (Lipinski definition) is 0. The Kier molecular flexibility index (Phi) is 8.60. The van der Waals surface area contributed by atoms with Crippen molar-refractivity contribution in [3.05, 3.63) is 145 Å². The van der Waals surface area contributed by atoms with E-state index in [1.54, 1.807) is 0 Å². The van der Waals surface area contributed by atoms with E-state index in [2.05, 4.69) is 138 Å². The summed E-state index contributed by atoms with van der Waals surface area (Å²) >= 11 is 0. The smallest absolute Gasteiger partial charge is 0.00668 e. The highest BCUT2D eigenvalue weighted by atomic mass is 14.3. The van der Waals surface area contributed by atoms with Crippen LogP contribution in [0.25, 0.3) is 33.4 Å². The zero-order valence-electron chi connectivity index (χ0n) is 20.8. The van der Waals surface area contributed by atoms with Gasteiger partial charge in [0.1, 0.15) is 0 Å². The van der Waals surface area contributed by atoms with Crippen LogP contribution < -0.4 is 0 Å². The average molecular weight is 443 g/mol. The molecule has 34 heavy (non-hydrogen) atoms. The van der Waals surface area contributed by atoms with E-state index in [9.17, 15) is 0 Å². The molecule has 0 unspecified atom stereocenters. The van der Waals surface area contributed by atoms with Gasteiger partial charge in [0.15, 0.2) is 0 Å². The Balaban J connectivity index is 2.63. The molecule has 3 aromatic carbocycles. The summed E-state index contributed by atoms with van der Waals surface area (Å²) in [5.74, 6) is 0. The summed E-state index contributed by atoms with van der Waals surface area (Å²) in [6, 6.07) is 21.3. The van der Waals surface area contributed by atoms with Crippen molar-refractivity contribution >= 4 is 11.1 Å². The van der Waals surface area contributed by atoms with Crippen LogP contribution in [0.4, 0.5) is 0 Å². The topological polar surface area (TPSA) is 0 Å². The molecule has 0 atom stereocenters. The van der Waals surface area contributed by atoms with Crippen molar-refractivity contribution in [2.24, 2.45) is 0 Å². The number of hydrogen-bond donors (Lipinski definition) is 0. The molecule has 0 saturated carbocycles. The Bertz CT molecular complexity index is 1280. The van der Waals surface area contributed by atoms with Gasteiger partial charge >= 0.3 is 0 Å². The van der Waals surface area contributed by atoms with Crippen LogP contribution in [-0.2, 0) is 0 Å². The minimum absolute atomic E-state index is 1.07. The van der Waals surface area contributed by atoms with Crippen molar-refractivity contribution in [2.45, 2.75) is 27.7 Å². The van der Waals surface area contributed by atoms with Crippen LogP contribution in [0.3, 0.4) is 0 Å². The predicted octanol–water partition coefficient (Wildman–Crippen LogP) is 9.93. The van der Waals surface area contributed by atoms with Crippen LogP contribution >= 0.6 is 0 Å². The fourth-order valence-electron chi connectivity index (χ4n) is 4.64. The summed E-state index contributed by atoms with van der Waals surface area (Å²) in [5, 5.41) is 0. The molecule has 0 nitrogen and oxygen atoms in total. The fourth-order valence-corrected chi connectivity index (χ4v) is 4.64. The molecule has 0 radical (unpaired) electrons. The first-order valence-corrected chi connectivity index (χ1v) is 11.8. The molecule has 0 aromatic heterocycles. The van der Waals surface area contributed by atoms with Gasteiger partial charge in [-0.3, -0.25) is 0 Å². The van der Waals surface area contributed by atoms with Crippen molar-refractivity contribution in [3.8, 4) is 22.3 Å². The molecule has 0 bridgehead atoms. The Hall–Kier alpha value is -3.90. The minimum Gasteiger partial charge on any atom is -0.0990 e. The third kappa shape index (κ3) is 5.02. The third-order valence-corrected chi connectivity index (χ3v) is 6.03. The quantitative estimate of drug-likeness (QED) is 0.304. The number of allylic oxidation sites excluding steroid dienone is 10. The van der Waals surface area contributed by atoms with Crippen molar-refractivity contribution in [1.82, 2.24) is 0 Å². The standard InChI is InChI=1S/C34H34/c1-7-11-20-28(19-9-3)32-26(6)33(29-21-14-12-15-22-29)31(27(10-4)18-8-2)25(5)34(32)30-23-16-13-17-24-30/h7-24H,2,4H2,1,3,5-6H3/b11-7-,19-9-,27-18+,28-20+. The Morgan fingerprint density at radius 2 is 1.15 bits per heavy atom. The molecule has 0 amide bonds. The molecule has 0 saturated heterocycles. The molecule has 0 aliphatic carbocycles. The predicted molar refractivity (Wildman–Crippen MR) is 153 cm³/mol. The van der Waals surface area contributed by atoms with Gasteiger partial charge in [-0.25, -0.2) is 0 Å². The van der Waals surface area contributed by atoms with Gasteiger partial charge in [-0.1, -0.05) is 122 Å². The maximum Gasteiger partial charge on any atom is -0.00668 e. The Morgan fingerprint density at radius 1 is 0.647 bits per heavy atom. The average Bonchev–Trinajstić information content (AvgIpc) is 2.87. The van der Waals surface area contributed by atoms with Gasteiger partial charge < -0.3 is 0 Å². The van der Waals surface area contributed by atoms with Crippen molar-refractivity contribution in [2.75, 3.05) is 0 Å². The van der Waals surface area contributed by atoms with Crippen LogP contribution in [0.2, 0.25) is 0 Å². The molecule has 3 aromatic rings. The molecule has 170 valence electrons. The lowest BCUT2D eigenvalue weighted by Crippen LogP contribution is -2.04. The largest absolute Gasteiger partial charge is 0.0990 e. The molecule has 0 heteroatoms. The molecular weight excluding hydrogens is 408 g/mol. The summed E-state index contributed by atoms with van der Waals surface area (Å²) in [4.78, 5) is 0. The van der Waals surface area contributed by atoms with Crippen molar-refractivity contribution in [3.63, 3.8) is 0 Å². The van der Waals surface area contributed by atoms with E-state index in [1.807, 2.05) is 12.2 Å². The molecular formula is C34H34. The summed E-state index contributed by atoms with van der Waals surface area (Å²) in [7, 11) is 0. The fraction of sp³-hybridized carbons (Fsp3) is 0.118. The summed E-state index contributed by atoms with van der Waals surface area (Å²) < 4.78 is 0. The molecule has 0 N–H and O–H groups in total. The first kappa shape index (κ1) is 24.7. The Morgan fingerprint density at radius 3 is 1.56 bits per heavy atom. The van der Waals surface area contributed by atoms with E-state index < -0.39 is 0 Å². The van der Waals surface area contributed by atoms with Gasteiger partial charge in [-0.15, -0.1) is 0 Å². The van der Waals surface area contributed by atoms with Crippen LogP contribution in [0, 0.1) is 13.8 Å². The zero-order valence-corrected chi connectivity index (χ0v) is 20.8. The van der Waals surface area contributed by atoms with Crippen LogP contribution in [0.1, 0.15) is 36.1 Å². The van der Waals surface area contributed by atoms with Gasteiger partial charge in [0.25, 0.3) is 0 Å². The second kappa shape index (κ2) is 11.8. The van der Waals surface area contributed by atoms with Crippen molar-refractivity contribution in [1.29, 1.82) is 0 Å². The minimum atomic E-state index is 1.07. The van der Waals surface area contributed by atoms with Gasteiger partial charge in [0.05, 0.1) is 0 Å². The van der Waals surface area contributed by atoms with Crippen LogP contribution in [0.5, 0.6) is 0 Å². The first-order chi connectivity index (χ1) is 16.6. The van der Waals surface area contributed by atoms with Crippen LogP contribution in [0.15, 0.2) is 122 Å². The van der Waals surface area contributed by atoms with Gasteiger partial charge in [-0.05, 0) is 83.3 Å². The molecule has 0 fully saturated rings. The SMILES string of the molecule is C=C/C=C(\C=C)c1c(C)c(-c2ccccc2)c(C(/C=C\C)=C/C=C\C)c(C)c1-c1ccccc1. The van der Waals surface area contributed by atoms with Crippen LogP contribution in [-0.4, -0.2) is 0 Å². The highest BCUT2D eigenvalue weighted by Gasteiger charge is 2.23. The number of benzene rings is 3. The molecule has 0 heterocycles. The van der Waals surface area contributed by atoms with Crippen molar-refractivity contribution < 1.29 is 0 Å². The Labute approximate surface area is 205 Å². The lowest BCUT2D eigenvalue weighted by atomic mass is 9.77. The monoisotopic (exact) mass is 442 g/mol. The normalized spacial score (nSPS) is 12.5. The van der Waals surface area contributed by atoms with E-state index in [4.69, 9.17) is 0 Å². The first-order valence-electron chi connectivity index (χ1n) is 11.8. The second-order valence-electron chi connectivity index (χ2n) is 8.19. The summed E-state index contributed by atoms with van der Waals surface area (Å²) in [5.41, 5.74) is 12.1. The molecule has 0 aliphatic heterocycles. The summed E-state index contributed by atoms with van der Waals surface area (Å²) in [6.07, 6.45) is 16.5. The van der Waals surface area contributed by atoms with E-state index in [0.29, 0.717) is 0 Å². The van der Waals surface area contributed by atoms with Gasteiger partial charge in [-0.2, -0.15) is 0 Å². The lowest BCUT2D eigenvalue weighted by molar-refractivity contribution is 1.33. The highest BCUT2D eigenvalue weighted by Crippen LogP contribution is 2.45. The van der Waals surface area contributed by atoms with E-state index >= 15 is 0 Å². The number of rotatable bonds is 8. The molecule has 3 rings (SSSR count). The maximum absolute atomic E-state index is 4.14. The molecule has 0 aliphatic rings. The maximum atomic E-state index is 4.14.